The van der Waals surface area contributed by atoms with E-state index in [0.717, 1.165) is 37.1 Å². The van der Waals surface area contributed by atoms with E-state index in [9.17, 15) is 0 Å². The lowest BCUT2D eigenvalue weighted by molar-refractivity contribution is 0.663. The van der Waals surface area contributed by atoms with E-state index in [1.54, 1.807) is 0 Å². The van der Waals surface area contributed by atoms with Crippen molar-refractivity contribution < 1.29 is 0 Å². The van der Waals surface area contributed by atoms with Crippen LogP contribution in [0.25, 0.3) is 0 Å². The molecule has 38 heavy (non-hydrogen) atoms. The Morgan fingerprint density at radius 2 is 0.737 bits per heavy atom. The highest BCUT2D eigenvalue weighted by atomic mass is 15.1. The van der Waals surface area contributed by atoms with Gasteiger partial charge in [0.2, 0.25) is 0 Å². The Labute approximate surface area is 236 Å². The lowest BCUT2D eigenvalue weighted by Gasteiger charge is -2.10. The molecule has 0 saturated carbocycles. The molecule has 2 aromatic carbocycles. The van der Waals surface area contributed by atoms with Crippen LogP contribution in [-0.4, -0.2) is 0 Å². The van der Waals surface area contributed by atoms with Gasteiger partial charge in [-0.1, -0.05) is 129 Å². The highest BCUT2D eigenvalue weighted by molar-refractivity contribution is 5.52. The third kappa shape index (κ3) is 13.2. The van der Waals surface area contributed by atoms with Gasteiger partial charge in [0.25, 0.3) is 0 Å². The van der Waals surface area contributed by atoms with Gasteiger partial charge < -0.3 is 0 Å². The molecule has 2 rings (SSSR count). The van der Waals surface area contributed by atoms with E-state index in [1.165, 1.54) is 125 Å². The van der Waals surface area contributed by atoms with E-state index in [4.69, 9.17) is 10.2 Å². The minimum Gasteiger partial charge on any atom is -0.150 e. The number of hydrogen-bond donors (Lipinski definition) is 0. The first-order valence-electron chi connectivity index (χ1n) is 16.4. The first-order chi connectivity index (χ1) is 18.7. The summed E-state index contributed by atoms with van der Waals surface area (Å²) in [7, 11) is 0. The zero-order valence-electron chi connectivity index (χ0n) is 25.5. The molecule has 0 aliphatic heterocycles. The molecule has 0 saturated heterocycles. The monoisotopic (exact) mass is 518 g/mol. The summed E-state index contributed by atoms with van der Waals surface area (Å²) in [6.45, 7) is 9.13. The van der Waals surface area contributed by atoms with Gasteiger partial charge in [-0.3, -0.25) is 0 Å². The number of azo groups is 1. The van der Waals surface area contributed by atoms with Crippen molar-refractivity contribution in [3.8, 4) is 0 Å². The van der Waals surface area contributed by atoms with Crippen molar-refractivity contribution in [3.05, 3.63) is 58.7 Å². The Morgan fingerprint density at radius 1 is 0.395 bits per heavy atom. The molecule has 0 atom stereocenters. The van der Waals surface area contributed by atoms with Gasteiger partial charge in [0.05, 0.1) is 11.4 Å². The third-order valence-corrected chi connectivity index (χ3v) is 7.80. The maximum atomic E-state index is 4.96. The first kappa shape index (κ1) is 32.3. The maximum absolute atomic E-state index is 4.96. The molecule has 0 heterocycles. The van der Waals surface area contributed by atoms with Crippen molar-refractivity contribution in [2.45, 2.75) is 156 Å². The summed E-state index contributed by atoms with van der Waals surface area (Å²) in [6, 6.07) is 14.0. The van der Waals surface area contributed by atoms with E-state index < -0.39 is 0 Å². The zero-order chi connectivity index (χ0) is 27.3. The van der Waals surface area contributed by atoms with Crippen LogP contribution in [0.4, 0.5) is 11.4 Å². The first-order valence-corrected chi connectivity index (χ1v) is 16.4. The van der Waals surface area contributed by atoms with E-state index in [0.29, 0.717) is 0 Å². The van der Waals surface area contributed by atoms with Crippen molar-refractivity contribution in [2.24, 2.45) is 10.2 Å². The summed E-state index contributed by atoms with van der Waals surface area (Å²) in [4.78, 5) is 0. The SMILES string of the molecule is CCCCCCc1ccc(CCCCCC)c(N=Nc2cc(CCCCCC)ccc2CCCCCC)c1. The van der Waals surface area contributed by atoms with E-state index in [-0.39, 0.29) is 0 Å². The molecule has 0 aliphatic rings. The van der Waals surface area contributed by atoms with E-state index in [1.807, 2.05) is 0 Å². The van der Waals surface area contributed by atoms with Gasteiger partial charge in [0.1, 0.15) is 0 Å². The van der Waals surface area contributed by atoms with Crippen LogP contribution < -0.4 is 0 Å². The smallest absolute Gasteiger partial charge is 0.0891 e. The molecule has 0 amide bonds. The quantitative estimate of drug-likeness (QED) is 0.109. The van der Waals surface area contributed by atoms with Crippen LogP contribution in [0.3, 0.4) is 0 Å². The van der Waals surface area contributed by atoms with Gasteiger partial charge in [-0.05, 0) is 85.8 Å². The molecule has 0 unspecified atom stereocenters. The van der Waals surface area contributed by atoms with Gasteiger partial charge in [0, 0.05) is 0 Å². The maximum Gasteiger partial charge on any atom is 0.0891 e. The molecule has 0 aromatic heterocycles. The number of rotatable bonds is 22. The predicted molar refractivity (Wildman–Crippen MR) is 168 cm³/mol. The fourth-order valence-electron chi connectivity index (χ4n) is 5.24. The summed E-state index contributed by atoms with van der Waals surface area (Å²) >= 11 is 0. The summed E-state index contributed by atoms with van der Waals surface area (Å²) in [6.07, 6.45) is 25.2. The Kier molecular flexibility index (Phi) is 17.8. The normalized spacial score (nSPS) is 11.6. The highest BCUT2D eigenvalue weighted by Gasteiger charge is 2.08. The number of nitrogens with zero attached hydrogens (tertiary/aromatic N) is 2. The molecule has 0 aliphatic carbocycles. The summed E-state index contributed by atoms with van der Waals surface area (Å²) in [5.74, 6) is 0. The predicted octanol–water partition coefficient (Wildman–Crippen LogP) is 12.6. The standard InChI is InChI=1S/C36H58N2/c1-5-9-13-17-21-31-25-27-33(23-19-15-11-7-3)35(29-31)37-38-36-30-32(22-18-14-10-6-2)26-28-34(36)24-20-16-12-8-4/h25-30H,5-24H2,1-4H3. The van der Waals surface area contributed by atoms with Crippen molar-refractivity contribution >= 4 is 11.4 Å². The van der Waals surface area contributed by atoms with Crippen LogP contribution in [0.5, 0.6) is 0 Å². The zero-order valence-corrected chi connectivity index (χ0v) is 25.5. The molecule has 0 radical (unpaired) electrons. The molecule has 0 spiro atoms. The van der Waals surface area contributed by atoms with Gasteiger partial charge in [-0.15, -0.1) is 0 Å². The topological polar surface area (TPSA) is 24.7 Å². The second-order valence-corrected chi connectivity index (χ2v) is 11.4. The Bertz CT molecular complexity index is 825. The van der Waals surface area contributed by atoms with Crippen LogP contribution in [0.15, 0.2) is 46.6 Å². The molecule has 0 fully saturated rings. The Hall–Kier alpha value is -1.96. The number of hydrogen-bond acceptors (Lipinski definition) is 2. The highest BCUT2D eigenvalue weighted by Crippen LogP contribution is 2.30. The molecular formula is C36H58N2. The Balaban J connectivity index is 2.25. The second-order valence-electron chi connectivity index (χ2n) is 11.4. The Morgan fingerprint density at radius 3 is 1.08 bits per heavy atom. The second kappa shape index (κ2) is 20.9. The van der Waals surface area contributed by atoms with Crippen molar-refractivity contribution in [3.63, 3.8) is 0 Å². The summed E-state index contributed by atoms with van der Waals surface area (Å²) in [5, 5.41) is 9.92. The fourth-order valence-corrected chi connectivity index (χ4v) is 5.24. The molecule has 212 valence electrons. The van der Waals surface area contributed by atoms with Crippen LogP contribution >= 0.6 is 0 Å². The van der Waals surface area contributed by atoms with Crippen LogP contribution in [-0.2, 0) is 25.7 Å². The third-order valence-electron chi connectivity index (χ3n) is 7.80. The van der Waals surface area contributed by atoms with Gasteiger partial charge in [-0.25, -0.2) is 0 Å². The summed E-state index contributed by atoms with van der Waals surface area (Å²) in [5.41, 5.74) is 7.75. The molecule has 0 N–H and O–H groups in total. The number of unbranched alkanes of at least 4 members (excludes halogenated alkanes) is 12. The molecule has 2 nitrogen and oxygen atoms in total. The van der Waals surface area contributed by atoms with Gasteiger partial charge >= 0.3 is 0 Å². The van der Waals surface area contributed by atoms with Gasteiger partial charge in [0.15, 0.2) is 0 Å². The lowest BCUT2D eigenvalue weighted by Crippen LogP contribution is -1.92. The number of benzene rings is 2. The molecule has 2 heteroatoms. The van der Waals surface area contributed by atoms with Crippen LogP contribution in [0.1, 0.15) is 153 Å². The minimum atomic E-state index is 1.10. The average molecular weight is 519 g/mol. The van der Waals surface area contributed by atoms with E-state index in [2.05, 4.69) is 64.1 Å². The largest absolute Gasteiger partial charge is 0.150 e. The fraction of sp³-hybridized carbons (Fsp3) is 0.667. The lowest BCUT2D eigenvalue weighted by atomic mass is 9.99. The molecule has 2 aromatic rings. The van der Waals surface area contributed by atoms with Crippen molar-refractivity contribution in [2.75, 3.05) is 0 Å². The van der Waals surface area contributed by atoms with Gasteiger partial charge in [-0.2, -0.15) is 10.2 Å². The molecule has 0 bridgehead atoms. The van der Waals surface area contributed by atoms with Crippen LogP contribution in [0.2, 0.25) is 0 Å². The number of aryl methyl sites for hydroxylation is 4. The minimum absolute atomic E-state index is 1.10. The molecular weight excluding hydrogens is 460 g/mol. The average Bonchev–Trinajstić information content (AvgIpc) is 2.94. The van der Waals surface area contributed by atoms with E-state index >= 15 is 0 Å². The summed E-state index contributed by atoms with van der Waals surface area (Å²) < 4.78 is 0. The van der Waals surface area contributed by atoms with Crippen molar-refractivity contribution in [1.29, 1.82) is 0 Å². The van der Waals surface area contributed by atoms with Crippen molar-refractivity contribution in [1.82, 2.24) is 0 Å². The van der Waals surface area contributed by atoms with Crippen LogP contribution in [0, 0.1) is 0 Å².